The van der Waals surface area contributed by atoms with E-state index in [0.29, 0.717) is 0 Å². The SMILES string of the molecule is CCCCC(CC)CC1C2C1C21CC1. The van der Waals surface area contributed by atoms with Crippen molar-refractivity contribution in [2.75, 3.05) is 0 Å². The van der Waals surface area contributed by atoms with E-state index in [4.69, 9.17) is 0 Å². The van der Waals surface area contributed by atoms with Crippen LogP contribution < -0.4 is 0 Å². The van der Waals surface area contributed by atoms with Crippen LogP contribution in [0.15, 0.2) is 0 Å². The third-order valence-electron chi connectivity index (χ3n) is 5.36. The van der Waals surface area contributed by atoms with Crippen LogP contribution in [-0.4, -0.2) is 0 Å². The lowest BCUT2D eigenvalue weighted by Gasteiger charge is -2.18. The summed E-state index contributed by atoms with van der Waals surface area (Å²) in [5.74, 6) is 4.78. The van der Waals surface area contributed by atoms with Crippen molar-refractivity contribution in [1.29, 1.82) is 0 Å². The summed E-state index contributed by atoms with van der Waals surface area (Å²) in [6.07, 6.45) is 10.6. The molecule has 0 saturated heterocycles. The Hall–Kier alpha value is 0. The van der Waals surface area contributed by atoms with Crippen LogP contribution in [0.1, 0.15) is 58.8 Å². The Morgan fingerprint density at radius 2 is 1.93 bits per heavy atom. The molecule has 0 heteroatoms. The van der Waals surface area contributed by atoms with Crippen LogP contribution in [0.2, 0.25) is 0 Å². The molecular weight excluding hydrogens is 168 g/mol. The molecule has 0 nitrogen and oxygen atoms in total. The second kappa shape index (κ2) is 3.00. The van der Waals surface area contributed by atoms with E-state index in [9.17, 15) is 0 Å². The Kier molecular flexibility index (Phi) is 1.98. The highest BCUT2D eigenvalue weighted by Crippen LogP contribution is 2.92. The zero-order valence-electron chi connectivity index (χ0n) is 9.76. The van der Waals surface area contributed by atoms with Gasteiger partial charge in [-0.1, -0.05) is 39.5 Å². The molecule has 14 heavy (non-hydrogen) atoms. The number of rotatable bonds is 6. The molecule has 3 unspecified atom stereocenters. The fraction of sp³-hybridized carbons (Fsp3) is 1.00. The van der Waals surface area contributed by atoms with Gasteiger partial charge in [0, 0.05) is 0 Å². The first-order valence-electron chi connectivity index (χ1n) is 6.83. The minimum absolute atomic E-state index is 1.01. The lowest BCUT2D eigenvalue weighted by Crippen LogP contribution is -2.08. The fourth-order valence-electron chi connectivity index (χ4n) is 4.14. The molecule has 3 atom stereocenters. The molecule has 0 aromatic carbocycles. The molecule has 0 heterocycles. The first kappa shape index (κ1) is 9.24. The number of hydrogen-bond donors (Lipinski definition) is 0. The van der Waals surface area contributed by atoms with E-state index in [0.717, 1.165) is 11.3 Å². The maximum absolute atomic E-state index is 2.39. The highest BCUT2D eigenvalue weighted by molar-refractivity contribution is 5.34. The summed E-state index contributed by atoms with van der Waals surface area (Å²) in [4.78, 5) is 0. The van der Waals surface area contributed by atoms with Gasteiger partial charge in [-0.25, -0.2) is 0 Å². The van der Waals surface area contributed by atoms with Gasteiger partial charge in [0.25, 0.3) is 0 Å². The Labute approximate surface area is 88.5 Å². The van der Waals surface area contributed by atoms with Crippen molar-refractivity contribution in [3.8, 4) is 0 Å². The monoisotopic (exact) mass is 192 g/mol. The van der Waals surface area contributed by atoms with E-state index < -0.39 is 0 Å². The van der Waals surface area contributed by atoms with Gasteiger partial charge in [-0.05, 0) is 48.3 Å². The normalized spacial score (nSPS) is 42.0. The van der Waals surface area contributed by atoms with E-state index in [-0.39, 0.29) is 0 Å². The highest BCUT2D eigenvalue weighted by Gasteiger charge is 2.87. The third kappa shape index (κ3) is 1.19. The summed E-state index contributed by atoms with van der Waals surface area (Å²) in [6.45, 7) is 4.71. The van der Waals surface area contributed by atoms with Crippen LogP contribution in [0.4, 0.5) is 0 Å². The maximum atomic E-state index is 2.39. The Balaban J connectivity index is 1.39. The molecule has 3 aliphatic carbocycles. The summed E-state index contributed by atoms with van der Waals surface area (Å²) in [7, 11) is 0. The molecule has 3 aliphatic rings. The molecule has 0 aliphatic heterocycles. The van der Waals surface area contributed by atoms with Crippen molar-refractivity contribution in [1.82, 2.24) is 0 Å². The van der Waals surface area contributed by atoms with Gasteiger partial charge in [-0.3, -0.25) is 0 Å². The molecule has 0 amide bonds. The predicted octanol–water partition coefficient (Wildman–Crippen LogP) is 4.25. The second-order valence-electron chi connectivity index (χ2n) is 6.10. The third-order valence-corrected chi connectivity index (χ3v) is 5.36. The molecule has 0 bridgehead atoms. The lowest BCUT2D eigenvalue weighted by molar-refractivity contribution is 0.328. The Morgan fingerprint density at radius 3 is 2.43 bits per heavy atom. The van der Waals surface area contributed by atoms with Crippen molar-refractivity contribution in [3.05, 3.63) is 0 Å². The van der Waals surface area contributed by atoms with Crippen molar-refractivity contribution in [3.63, 3.8) is 0 Å². The summed E-state index contributed by atoms with van der Waals surface area (Å²) in [5.41, 5.74) is 1.01. The van der Waals surface area contributed by atoms with E-state index >= 15 is 0 Å². The molecule has 0 radical (unpaired) electrons. The van der Waals surface area contributed by atoms with Gasteiger partial charge >= 0.3 is 0 Å². The number of unbranched alkanes of at least 4 members (excludes halogenated alkanes) is 1. The van der Waals surface area contributed by atoms with Crippen LogP contribution in [0.25, 0.3) is 0 Å². The van der Waals surface area contributed by atoms with E-state index in [1.807, 2.05) is 0 Å². The second-order valence-corrected chi connectivity index (χ2v) is 6.10. The molecule has 0 aromatic rings. The van der Waals surface area contributed by atoms with Gasteiger partial charge in [0.2, 0.25) is 0 Å². The molecule has 1 spiro atoms. The summed E-state index contributed by atoms with van der Waals surface area (Å²) >= 11 is 0. The zero-order valence-corrected chi connectivity index (χ0v) is 9.76. The molecular formula is C14H24. The number of fused-ring (bicyclic) bond motifs is 3. The van der Waals surface area contributed by atoms with Gasteiger partial charge < -0.3 is 0 Å². The predicted molar refractivity (Wildman–Crippen MR) is 60.1 cm³/mol. The van der Waals surface area contributed by atoms with E-state index in [1.165, 1.54) is 43.4 Å². The van der Waals surface area contributed by atoms with Crippen molar-refractivity contribution in [2.45, 2.75) is 58.8 Å². The first-order valence-corrected chi connectivity index (χ1v) is 6.83. The molecule has 3 saturated carbocycles. The summed E-state index contributed by atoms with van der Waals surface area (Å²) in [5, 5.41) is 0. The van der Waals surface area contributed by atoms with Crippen LogP contribution >= 0.6 is 0 Å². The van der Waals surface area contributed by atoms with Crippen LogP contribution in [0, 0.1) is 29.1 Å². The van der Waals surface area contributed by atoms with Gasteiger partial charge in [0.05, 0.1) is 0 Å². The van der Waals surface area contributed by atoms with Crippen molar-refractivity contribution >= 4 is 0 Å². The molecule has 3 fully saturated rings. The van der Waals surface area contributed by atoms with E-state index in [1.54, 1.807) is 19.3 Å². The van der Waals surface area contributed by atoms with Crippen LogP contribution in [0.5, 0.6) is 0 Å². The molecule has 80 valence electrons. The van der Waals surface area contributed by atoms with Crippen LogP contribution in [0.3, 0.4) is 0 Å². The zero-order chi connectivity index (χ0) is 9.76. The topological polar surface area (TPSA) is 0 Å². The summed E-state index contributed by atoms with van der Waals surface area (Å²) in [6, 6.07) is 0. The molecule has 0 aromatic heterocycles. The Bertz CT molecular complexity index is 214. The van der Waals surface area contributed by atoms with Gasteiger partial charge in [0.15, 0.2) is 0 Å². The van der Waals surface area contributed by atoms with E-state index in [2.05, 4.69) is 13.8 Å². The summed E-state index contributed by atoms with van der Waals surface area (Å²) < 4.78 is 0. The van der Waals surface area contributed by atoms with Gasteiger partial charge in [0.1, 0.15) is 0 Å². The largest absolute Gasteiger partial charge is 0.0654 e. The fourth-order valence-corrected chi connectivity index (χ4v) is 4.14. The first-order chi connectivity index (χ1) is 6.83. The van der Waals surface area contributed by atoms with Crippen molar-refractivity contribution < 1.29 is 0 Å². The average Bonchev–Trinajstić information content (AvgIpc) is 3.03. The standard InChI is InChI=1S/C14H24/c1-3-5-6-10(4-2)9-11-12-13(11)14(12)7-8-14/h10-13H,3-9H2,1-2H3. The van der Waals surface area contributed by atoms with Gasteiger partial charge in [-0.2, -0.15) is 0 Å². The maximum Gasteiger partial charge on any atom is -0.0229 e. The lowest BCUT2D eigenvalue weighted by atomic mass is 9.88. The molecule has 0 N–H and O–H groups in total. The van der Waals surface area contributed by atoms with Gasteiger partial charge in [-0.15, -0.1) is 0 Å². The van der Waals surface area contributed by atoms with Crippen molar-refractivity contribution in [2.24, 2.45) is 29.1 Å². The number of hydrogen-bond acceptors (Lipinski definition) is 0. The Morgan fingerprint density at radius 1 is 1.21 bits per heavy atom. The minimum atomic E-state index is 1.01. The van der Waals surface area contributed by atoms with Crippen LogP contribution in [-0.2, 0) is 0 Å². The molecule has 3 rings (SSSR count). The smallest absolute Gasteiger partial charge is 0.0229 e. The quantitative estimate of drug-likeness (QED) is 0.590. The minimum Gasteiger partial charge on any atom is -0.0654 e. The highest BCUT2D eigenvalue weighted by atomic mass is 14.9. The average molecular weight is 192 g/mol.